The van der Waals surface area contributed by atoms with Crippen molar-refractivity contribution in [1.82, 2.24) is 9.62 Å². The average Bonchev–Trinajstić information content (AvgIpc) is 2.83. The van der Waals surface area contributed by atoms with Gasteiger partial charge in [-0.3, -0.25) is 4.79 Å². The third-order valence-electron chi connectivity index (χ3n) is 5.66. The number of nitrogens with zero attached hydrogens (tertiary/aromatic N) is 1. The number of hydrogen-bond donors (Lipinski definition) is 1. The second kappa shape index (κ2) is 11.1. The topological polar surface area (TPSA) is 94.2 Å². The zero-order chi connectivity index (χ0) is 24.0. The van der Waals surface area contributed by atoms with Crippen molar-refractivity contribution in [2.75, 3.05) is 41.0 Å². The second-order valence-corrected chi connectivity index (χ2v) is 10.1. The molecule has 33 heavy (non-hydrogen) atoms. The maximum Gasteiger partial charge on any atom is 0.246 e. The molecule has 1 aliphatic rings. The summed E-state index contributed by atoms with van der Waals surface area (Å²) in [6, 6.07) is 10.1. The summed E-state index contributed by atoms with van der Waals surface area (Å²) < 4.78 is 43.6. The highest BCUT2D eigenvalue weighted by atomic mass is 35.5. The lowest BCUT2D eigenvalue weighted by Crippen LogP contribution is -2.45. The quantitative estimate of drug-likeness (QED) is 0.573. The Kier molecular flexibility index (Phi) is 8.45. The first kappa shape index (κ1) is 25.1. The fourth-order valence-corrected chi connectivity index (χ4v) is 5.82. The highest BCUT2D eigenvalue weighted by Gasteiger charge is 2.34. The van der Waals surface area contributed by atoms with Crippen LogP contribution < -0.4 is 19.5 Å². The maximum atomic E-state index is 13.2. The Morgan fingerprint density at radius 2 is 1.76 bits per heavy atom. The normalized spacial score (nSPS) is 16.8. The minimum absolute atomic E-state index is 0.00649. The van der Waals surface area contributed by atoms with Crippen molar-refractivity contribution in [3.63, 3.8) is 0 Å². The molecular formula is C23H29ClN2O6S. The van der Waals surface area contributed by atoms with E-state index in [2.05, 4.69) is 5.32 Å². The Balaban J connectivity index is 1.62. The van der Waals surface area contributed by atoms with Gasteiger partial charge in [0.15, 0.2) is 11.5 Å². The Hall–Kier alpha value is -2.49. The molecule has 10 heteroatoms. The number of methoxy groups -OCH3 is 3. The van der Waals surface area contributed by atoms with Crippen LogP contribution in [-0.2, 0) is 21.2 Å². The highest BCUT2D eigenvalue weighted by molar-refractivity contribution is 7.89. The van der Waals surface area contributed by atoms with E-state index in [1.54, 1.807) is 20.3 Å². The van der Waals surface area contributed by atoms with Crippen molar-refractivity contribution in [3.05, 3.63) is 47.0 Å². The van der Waals surface area contributed by atoms with Gasteiger partial charge in [0.2, 0.25) is 15.9 Å². The van der Waals surface area contributed by atoms with E-state index >= 15 is 0 Å². The molecule has 3 rings (SSSR count). The fraction of sp³-hybridized carbons (Fsp3) is 0.435. The fourth-order valence-electron chi connectivity index (χ4n) is 3.88. The Labute approximate surface area is 199 Å². The molecule has 180 valence electrons. The van der Waals surface area contributed by atoms with Crippen LogP contribution in [0.25, 0.3) is 0 Å². The van der Waals surface area contributed by atoms with Gasteiger partial charge in [-0.2, -0.15) is 4.31 Å². The molecule has 2 aromatic rings. The summed E-state index contributed by atoms with van der Waals surface area (Å²) in [6.45, 7) is 0.882. The largest absolute Gasteiger partial charge is 0.495 e. The van der Waals surface area contributed by atoms with Crippen LogP contribution in [0.4, 0.5) is 0 Å². The molecule has 1 atom stereocenters. The minimum atomic E-state index is -3.85. The van der Waals surface area contributed by atoms with Crippen molar-refractivity contribution in [3.8, 4) is 17.2 Å². The summed E-state index contributed by atoms with van der Waals surface area (Å²) in [7, 11) is 0.708. The molecule has 8 nitrogen and oxygen atoms in total. The lowest BCUT2D eigenvalue weighted by Gasteiger charge is -2.31. The zero-order valence-electron chi connectivity index (χ0n) is 19.0. The van der Waals surface area contributed by atoms with Crippen LogP contribution in [0, 0.1) is 5.92 Å². The summed E-state index contributed by atoms with van der Waals surface area (Å²) in [5, 5.41) is 3.23. The number of ether oxygens (including phenoxy) is 3. The molecule has 1 N–H and O–H groups in total. The molecule has 0 radical (unpaired) electrons. The number of carbonyl (C=O) groups excluding carboxylic acids is 1. The summed E-state index contributed by atoms with van der Waals surface area (Å²) in [5.41, 5.74) is 0.994. The van der Waals surface area contributed by atoms with Gasteiger partial charge in [-0.1, -0.05) is 17.7 Å². The van der Waals surface area contributed by atoms with Gasteiger partial charge in [0.25, 0.3) is 0 Å². The minimum Gasteiger partial charge on any atom is -0.495 e. The Morgan fingerprint density at radius 1 is 1.06 bits per heavy atom. The van der Waals surface area contributed by atoms with Crippen molar-refractivity contribution in [2.45, 2.75) is 24.2 Å². The molecule has 2 aromatic carbocycles. The smallest absolute Gasteiger partial charge is 0.246 e. The molecule has 1 saturated heterocycles. The maximum absolute atomic E-state index is 13.2. The molecule has 0 bridgehead atoms. The summed E-state index contributed by atoms with van der Waals surface area (Å²) in [6.07, 6.45) is 1.83. The van der Waals surface area contributed by atoms with Crippen molar-refractivity contribution >= 4 is 27.5 Å². The molecular weight excluding hydrogens is 468 g/mol. The number of nitrogens with one attached hydrogen (secondary N) is 1. The van der Waals surface area contributed by atoms with Crippen LogP contribution in [0.5, 0.6) is 17.2 Å². The second-order valence-electron chi connectivity index (χ2n) is 7.73. The van der Waals surface area contributed by atoms with Crippen LogP contribution >= 0.6 is 11.6 Å². The molecule has 1 amide bonds. The molecule has 1 aliphatic heterocycles. The zero-order valence-corrected chi connectivity index (χ0v) is 20.5. The van der Waals surface area contributed by atoms with Crippen LogP contribution in [0.1, 0.15) is 18.4 Å². The molecule has 0 saturated carbocycles. The number of carbonyl (C=O) groups is 1. The number of hydrogen-bond acceptors (Lipinski definition) is 6. The first-order chi connectivity index (χ1) is 15.8. The van der Waals surface area contributed by atoms with E-state index in [9.17, 15) is 13.2 Å². The monoisotopic (exact) mass is 496 g/mol. The van der Waals surface area contributed by atoms with E-state index in [0.717, 1.165) is 5.56 Å². The van der Waals surface area contributed by atoms with Gasteiger partial charge in [0.05, 0.1) is 27.2 Å². The number of sulfonamides is 1. The number of halogens is 1. The van der Waals surface area contributed by atoms with Gasteiger partial charge in [-0.15, -0.1) is 0 Å². The first-order valence-electron chi connectivity index (χ1n) is 10.6. The average molecular weight is 497 g/mol. The van der Waals surface area contributed by atoms with Gasteiger partial charge in [0.1, 0.15) is 10.6 Å². The summed E-state index contributed by atoms with van der Waals surface area (Å²) >= 11 is 6.02. The van der Waals surface area contributed by atoms with Crippen LogP contribution in [0.3, 0.4) is 0 Å². The van der Waals surface area contributed by atoms with Crippen molar-refractivity contribution in [1.29, 1.82) is 0 Å². The van der Waals surface area contributed by atoms with E-state index in [-0.39, 0.29) is 23.1 Å². The third-order valence-corrected chi connectivity index (χ3v) is 7.78. The highest BCUT2D eigenvalue weighted by Crippen LogP contribution is 2.32. The van der Waals surface area contributed by atoms with E-state index < -0.39 is 15.9 Å². The van der Waals surface area contributed by atoms with Gasteiger partial charge in [-0.25, -0.2) is 8.42 Å². The van der Waals surface area contributed by atoms with Gasteiger partial charge >= 0.3 is 0 Å². The molecule has 0 aliphatic carbocycles. The predicted molar refractivity (Wildman–Crippen MR) is 126 cm³/mol. The summed E-state index contributed by atoms with van der Waals surface area (Å²) in [4.78, 5) is 12.8. The number of piperidine rings is 1. The van der Waals surface area contributed by atoms with Crippen LogP contribution in [0.15, 0.2) is 41.3 Å². The lowest BCUT2D eigenvalue weighted by atomic mass is 9.99. The van der Waals surface area contributed by atoms with Crippen LogP contribution in [0.2, 0.25) is 5.02 Å². The Bertz CT molecular complexity index is 1090. The van der Waals surface area contributed by atoms with E-state index in [1.807, 2.05) is 18.2 Å². The van der Waals surface area contributed by atoms with Gasteiger partial charge in [0, 0.05) is 24.7 Å². The molecule has 1 fully saturated rings. The number of amides is 1. The van der Waals surface area contributed by atoms with E-state index in [0.29, 0.717) is 48.9 Å². The number of benzene rings is 2. The van der Waals surface area contributed by atoms with Gasteiger partial charge < -0.3 is 19.5 Å². The van der Waals surface area contributed by atoms with E-state index in [1.165, 1.54) is 23.5 Å². The van der Waals surface area contributed by atoms with Crippen molar-refractivity contribution < 1.29 is 27.4 Å². The number of rotatable bonds is 9. The van der Waals surface area contributed by atoms with Crippen molar-refractivity contribution in [2.24, 2.45) is 5.92 Å². The molecule has 0 spiro atoms. The SMILES string of the molecule is COc1ccc(CCNC(=O)[C@@H]2CCCN(S(=O)(=O)c3cc(Cl)ccc3OC)C2)cc1OC. The Morgan fingerprint density at radius 3 is 2.45 bits per heavy atom. The molecule has 0 aromatic heterocycles. The molecule has 0 unspecified atom stereocenters. The summed E-state index contributed by atoms with van der Waals surface area (Å²) in [5.74, 6) is 0.912. The van der Waals surface area contributed by atoms with Crippen LogP contribution in [-0.4, -0.2) is 59.6 Å². The lowest BCUT2D eigenvalue weighted by molar-refractivity contribution is -0.126. The molecule has 1 heterocycles. The standard InChI is InChI=1S/C23H29ClN2O6S/c1-30-19-8-6-16(13-21(19)32-3)10-11-25-23(27)17-5-4-12-26(15-17)33(28,29)22-14-18(24)7-9-20(22)31-2/h6-9,13-14,17H,4-5,10-12,15H2,1-3H3,(H,25,27)/t17-/m1/s1. The van der Waals surface area contributed by atoms with Gasteiger partial charge in [-0.05, 0) is 55.2 Å². The predicted octanol–water partition coefficient (Wildman–Crippen LogP) is 3.13. The first-order valence-corrected chi connectivity index (χ1v) is 12.4. The third kappa shape index (κ3) is 5.90. The van der Waals surface area contributed by atoms with E-state index in [4.69, 9.17) is 25.8 Å².